The molecule has 0 aliphatic heterocycles. The molecule has 0 bridgehead atoms. The van der Waals surface area contributed by atoms with Gasteiger partial charge in [0.15, 0.2) is 17.4 Å². The van der Waals surface area contributed by atoms with E-state index in [1.165, 1.54) is 13.2 Å². The van der Waals surface area contributed by atoms with Crippen LogP contribution >= 0.6 is 15.9 Å². The molecular weight excluding hydrogens is 298 g/mol. The van der Waals surface area contributed by atoms with Crippen molar-refractivity contribution in [2.75, 3.05) is 12.8 Å². The molecule has 0 saturated carbocycles. The molecule has 2 aromatic rings. The van der Waals surface area contributed by atoms with E-state index in [0.717, 1.165) is 6.07 Å². The summed E-state index contributed by atoms with van der Waals surface area (Å²) in [5, 5.41) is 3.53. The molecule has 0 radical (unpaired) electrons. The monoisotopic (exact) mass is 304 g/mol. The quantitative estimate of drug-likeness (QED) is 0.867. The van der Waals surface area contributed by atoms with Crippen LogP contribution in [-0.2, 0) is 0 Å². The summed E-state index contributed by atoms with van der Waals surface area (Å²) in [5.74, 6) is -1.66. The number of nitrogens with zero attached hydrogens (tertiary/aromatic N) is 1. The lowest BCUT2D eigenvalue weighted by atomic mass is 10.1. The standard InChI is InChI=1S/C10H7BrF2N2O2/c1-16-10-5(12)2-4(11)9(13)8(10)6-3-7(14)17-15-6/h2-3H,14H2,1H3. The molecule has 0 aliphatic rings. The van der Waals surface area contributed by atoms with Gasteiger partial charge >= 0.3 is 0 Å². The van der Waals surface area contributed by atoms with E-state index in [1.54, 1.807) is 0 Å². The number of hydrogen-bond donors (Lipinski definition) is 1. The number of nitrogen functional groups attached to an aromatic ring is 1. The second-order valence-electron chi connectivity index (χ2n) is 3.18. The van der Waals surface area contributed by atoms with Crippen molar-refractivity contribution in [1.82, 2.24) is 5.16 Å². The predicted molar refractivity (Wildman–Crippen MR) is 60.5 cm³/mol. The summed E-state index contributed by atoms with van der Waals surface area (Å²) in [6.45, 7) is 0. The van der Waals surface area contributed by atoms with Crippen molar-refractivity contribution in [2.45, 2.75) is 0 Å². The molecule has 2 rings (SSSR count). The minimum absolute atomic E-state index is 0.00170. The van der Waals surface area contributed by atoms with Crippen LogP contribution in [0.3, 0.4) is 0 Å². The Bertz CT molecular complexity index is 572. The number of nitrogens with two attached hydrogens (primary N) is 1. The van der Waals surface area contributed by atoms with E-state index in [9.17, 15) is 8.78 Å². The van der Waals surface area contributed by atoms with E-state index >= 15 is 0 Å². The van der Waals surface area contributed by atoms with Gasteiger partial charge < -0.3 is 15.0 Å². The molecule has 0 unspecified atom stereocenters. The number of halogens is 3. The highest BCUT2D eigenvalue weighted by atomic mass is 79.9. The summed E-state index contributed by atoms with van der Waals surface area (Å²) in [6.07, 6.45) is 0. The maximum Gasteiger partial charge on any atom is 0.222 e. The third kappa shape index (κ3) is 1.97. The van der Waals surface area contributed by atoms with Gasteiger partial charge in [0.2, 0.25) is 5.88 Å². The van der Waals surface area contributed by atoms with Crippen molar-refractivity contribution in [1.29, 1.82) is 0 Å². The van der Waals surface area contributed by atoms with Crippen LogP contribution in [0.25, 0.3) is 11.3 Å². The normalized spacial score (nSPS) is 10.6. The van der Waals surface area contributed by atoms with Gasteiger partial charge in [-0.15, -0.1) is 0 Å². The first-order valence-corrected chi connectivity index (χ1v) is 5.28. The first kappa shape index (κ1) is 11.8. The van der Waals surface area contributed by atoms with Gasteiger partial charge in [-0.2, -0.15) is 0 Å². The maximum atomic E-state index is 13.9. The zero-order valence-electron chi connectivity index (χ0n) is 8.63. The van der Waals surface area contributed by atoms with Crippen molar-refractivity contribution in [3.63, 3.8) is 0 Å². The van der Waals surface area contributed by atoms with E-state index in [-0.39, 0.29) is 27.4 Å². The van der Waals surface area contributed by atoms with Crippen molar-refractivity contribution >= 4 is 21.8 Å². The fourth-order valence-electron chi connectivity index (χ4n) is 1.41. The lowest BCUT2D eigenvalue weighted by Crippen LogP contribution is -1.97. The van der Waals surface area contributed by atoms with Gasteiger partial charge in [0.25, 0.3) is 0 Å². The lowest BCUT2D eigenvalue weighted by molar-refractivity contribution is 0.383. The zero-order chi connectivity index (χ0) is 12.6. The van der Waals surface area contributed by atoms with Crippen LogP contribution in [0.15, 0.2) is 21.1 Å². The number of benzene rings is 1. The van der Waals surface area contributed by atoms with Crippen LogP contribution in [0.1, 0.15) is 0 Å². The fourth-order valence-corrected chi connectivity index (χ4v) is 1.81. The largest absolute Gasteiger partial charge is 0.493 e. The van der Waals surface area contributed by atoms with Crippen molar-refractivity contribution in [2.24, 2.45) is 0 Å². The highest BCUT2D eigenvalue weighted by molar-refractivity contribution is 9.10. The molecule has 0 spiro atoms. The average molecular weight is 305 g/mol. The molecule has 17 heavy (non-hydrogen) atoms. The van der Waals surface area contributed by atoms with Crippen LogP contribution < -0.4 is 10.5 Å². The van der Waals surface area contributed by atoms with Gasteiger partial charge in [0.1, 0.15) is 5.69 Å². The first-order valence-electron chi connectivity index (χ1n) is 4.48. The summed E-state index contributed by atoms with van der Waals surface area (Å²) in [4.78, 5) is 0. The minimum atomic E-state index is -0.711. The number of methoxy groups -OCH3 is 1. The number of aromatic nitrogens is 1. The fraction of sp³-hybridized carbons (Fsp3) is 0.100. The molecule has 4 nitrogen and oxygen atoms in total. The maximum absolute atomic E-state index is 13.9. The Kier molecular flexibility index (Phi) is 3.01. The Balaban J connectivity index is 2.74. The number of anilines is 1. The van der Waals surface area contributed by atoms with Gasteiger partial charge in [0.05, 0.1) is 17.1 Å². The number of hydrogen-bond acceptors (Lipinski definition) is 4. The number of rotatable bonds is 2. The third-order valence-electron chi connectivity index (χ3n) is 2.12. The Morgan fingerprint density at radius 3 is 2.65 bits per heavy atom. The molecule has 0 fully saturated rings. The summed E-state index contributed by atoms with van der Waals surface area (Å²) in [7, 11) is 1.23. The number of ether oxygens (including phenoxy) is 1. The molecule has 7 heteroatoms. The van der Waals surface area contributed by atoms with E-state index in [0.29, 0.717) is 0 Å². The molecule has 1 heterocycles. The first-order chi connectivity index (χ1) is 8.04. The van der Waals surface area contributed by atoms with Gasteiger partial charge in [-0.3, -0.25) is 0 Å². The molecule has 0 amide bonds. The topological polar surface area (TPSA) is 61.3 Å². The Morgan fingerprint density at radius 2 is 2.12 bits per heavy atom. The van der Waals surface area contributed by atoms with E-state index in [1.807, 2.05) is 0 Å². The zero-order valence-corrected chi connectivity index (χ0v) is 10.2. The van der Waals surface area contributed by atoms with Crippen molar-refractivity contribution < 1.29 is 18.0 Å². The Morgan fingerprint density at radius 1 is 1.41 bits per heavy atom. The lowest BCUT2D eigenvalue weighted by Gasteiger charge is -2.09. The summed E-state index contributed by atoms with van der Waals surface area (Å²) in [5.41, 5.74) is 5.26. The van der Waals surface area contributed by atoms with Crippen LogP contribution in [0.4, 0.5) is 14.7 Å². The van der Waals surface area contributed by atoms with Crippen molar-refractivity contribution in [3.05, 3.63) is 28.2 Å². The molecule has 0 atom stereocenters. The van der Waals surface area contributed by atoms with E-state index < -0.39 is 11.6 Å². The Hall–Kier alpha value is -1.63. The van der Waals surface area contributed by atoms with Crippen LogP contribution in [-0.4, -0.2) is 12.3 Å². The average Bonchev–Trinajstić information content (AvgIpc) is 2.69. The molecule has 90 valence electrons. The second-order valence-corrected chi connectivity index (χ2v) is 4.03. The predicted octanol–water partition coefficient (Wildman–Crippen LogP) is 2.97. The minimum Gasteiger partial charge on any atom is -0.493 e. The van der Waals surface area contributed by atoms with Gasteiger partial charge in [-0.05, 0) is 22.0 Å². The van der Waals surface area contributed by atoms with Gasteiger partial charge in [0, 0.05) is 6.07 Å². The van der Waals surface area contributed by atoms with Gasteiger partial charge in [-0.1, -0.05) is 5.16 Å². The summed E-state index contributed by atoms with van der Waals surface area (Å²) < 4.78 is 36.9. The SMILES string of the molecule is COc1c(F)cc(Br)c(F)c1-c1cc(N)on1. The second kappa shape index (κ2) is 4.33. The third-order valence-corrected chi connectivity index (χ3v) is 2.69. The van der Waals surface area contributed by atoms with E-state index in [4.69, 9.17) is 10.5 Å². The molecule has 1 aromatic heterocycles. The molecule has 2 N–H and O–H groups in total. The van der Waals surface area contributed by atoms with Crippen LogP contribution in [0, 0.1) is 11.6 Å². The molecule has 1 aromatic carbocycles. The molecule has 0 aliphatic carbocycles. The highest BCUT2D eigenvalue weighted by Gasteiger charge is 2.22. The van der Waals surface area contributed by atoms with Crippen LogP contribution in [0.5, 0.6) is 5.75 Å². The van der Waals surface area contributed by atoms with Gasteiger partial charge in [-0.25, -0.2) is 8.78 Å². The highest BCUT2D eigenvalue weighted by Crippen LogP contribution is 2.38. The van der Waals surface area contributed by atoms with E-state index in [2.05, 4.69) is 25.6 Å². The molecular formula is C10H7BrF2N2O2. The molecule has 0 saturated heterocycles. The van der Waals surface area contributed by atoms with Crippen LogP contribution in [0.2, 0.25) is 0 Å². The Labute approximate surface area is 103 Å². The summed E-state index contributed by atoms with van der Waals surface area (Å²) in [6, 6.07) is 2.26. The van der Waals surface area contributed by atoms with Crippen molar-refractivity contribution in [3.8, 4) is 17.0 Å². The summed E-state index contributed by atoms with van der Waals surface area (Å²) >= 11 is 2.90. The smallest absolute Gasteiger partial charge is 0.222 e.